The summed E-state index contributed by atoms with van der Waals surface area (Å²) in [6.45, 7) is 10.2. The zero-order chi connectivity index (χ0) is 12.8. The molecule has 0 aliphatic carbocycles. The van der Waals surface area contributed by atoms with Crippen LogP contribution in [0.1, 0.15) is 37.1 Å². The van der Waals surface area contributed by atoms with Crippen LogP contribution in [0.2, 0.25) is 0 Å². The molecule has 1 N–H and O–H groups in total. The van der Waals surface area contributed by atoms with Gasteiger partial charge in [0, 0.05) is 25.0 Å². The average Bonchev–Trinajstić information content (AvgIpc) is 2.88. The van der Waals surface area contributed by atoms with E-state index in [9.17, 15) is 0 Å². The normalized spacial score (nSPS) is 21.3. The van der Waals surface area contributed by atoms with Crippen molar-refractivity contribution in [2.24, 2.45) is 0 Å². The highest BCUT2D eigenvalue weighted by Gasteiger charge is 2.23. The first kappa shape index (κ1) is 13.9. The van der Waals surface area contributed by atoms with Crippen LogP contribution in [0, 0.1) is 0 Å². The van der Waals surface area contributed by atoms with E-state index in [0.717, 1.165) is 56.5 Å². The zero-order valence-corrected chi connectivity index (χ0v) is 12.1. The Labute approximate surface area is 113 Å². The molecule has 0 radical (unpaired) electrons. The van der Waals surface area contributed by atoms with Crippen molar-refractivity contribution in [1.82, 2.24) is 15.2 Å². The Morgan fingerprint density at radius 1 is 1.56 bits per heavy atom. The van der Waals surface area contributed by atoms with Crippen molar-refractivity contribution in [3.05, 3.63) is 16.1 Å². The van der Waals surface area contributed by atoms with E-state index in [1.165, 1.54) is 0 Å². The Balaban J connectivity index is 1.88. The van der Waals surface area contributed by atoms with Crippen molar-refractivity contribution in [3.63, 3.8) is 0 Å². The summed E-state index contributed by atoms with van der Waals surface area (Å²) in [5.74, 6) is 0. The van der Waals surface area contributed by atoms with Crippen molar-refractivity contribution < 1.29 is 4.74 Å². The predicted octanol–water partition coefficient (Wildman–Crippen LogP) is 2.04. The summed E-state index contributed by atoms with van der Waals surface area (Å²) in [7, 11) is 0. The maximum absolute atomic E-state index is 5.82. The molecular formula is C13H23N3OS. The van der Waals surface area contributed by atoms with Crippen LogP contribution >= 0.6 is 11.3 Å². The van der Waals surface area contributed by atoms with Gasteiger partial charge in [0.25, 0.3) is 0 Å². The molecule has 1 unspecified atom stereocenters. The molecule has 0 spiro atoms. The van der Waals surface area contributed by atoms with Crippen molar-refractivity contribution in [2.75, 3.05) is 32.8 Å². The average molecular weight is 269 g/mol. The molecule has 1 fully saturated rings. The van der Waals surface area contributed by atoms with E-state index in [1.807, 2.05) is 0 Å². The van der Waals surface area contributed by atoms with E-state index in [1.54, 1.807) is 11.3 Å². The van der Waals surface area contributed by atoms with Crippen LogP contribution in [-0.4, -0.2) is 42.7 Å². The Kier molecular flexibility index (Phi) is 5.56. The molecule has 1 aliphatic heterocycles. The standard InChI is InChI=1S/C13H23N3OS/c1-3-5-14-8-11-10-18-13(15-11)12-9-16(4-2)6-7-17-12/h10,12,14H,3-9H2,1-2H3. The van der Waals surface area contributed by atoms with Gasteiger partial charge in [-0.15, -0.1) is 11.3 Å². The van der Waals surface area contributed by atoms with E-state index in [-0.39, 0.29) is 6.10 Å². The maximum atomic E-state index is 5.82. The van der Waals surface area contributed by atoms with Crippen LogP contribution in [0.5, 0.6) is 0 Å². The summed E-state index contributed by atoms with van der Waals surface area (Å²) < 4.78 is 5.82. The van der Waals surface area contributed by atoms with Crippen LogP contribution in [0.25, 0.3) is 0 Å². The van der Waals surface area contributed by atoms with Gasteiger partial charge in [-0.25, -0.2) is 4.98 Å². The fraction of sp³-hybridized carbons (Fsp3) is 0.769. The Hall–Kier alpha value is -0.490. The second-order valence-electron chi connectivity index (χ2n) is 4.61. The number of ether oxygens (including phenoxy) is 1. The minimum absolute atomic E-state index is 0.170. The van der Waals surface area contributed by atoms with Gasteiger partial charge in [0.05, 0.1) is 12.3 Å². The molecule has 2 heterocycles. The van der Waals surface area contributed by atoms with E-state index in [0.29, 0.717) is 0 Å². The van der Waals surface area contributed by atoms with Crippen LogP contribution in [-0.2, 0) is 11.3 Å². The monoisotopic (exact) mass is 269 g/mol. The number of thiazole rings is 1. The molecule has 4 nitrogen and oxygen atoms in total. The lowest BCUT2D eigenvalue weighted by Crippen LogP contribution is -2.38. The molecule has 1 aromatic rings. The van der Waals surface area contributed by atoms with Gasteiger partial charge in [-0.3, -0.25) is 4.90 Å². The van der Waals surface area contributed by atoms with Crippen molar-refractivity contribution in [1.29, 1.82) is 0 Å². The Bertz CT molecular complexity index is 356. The fourth-order valence-electron chi connectivity index (χ4n) is 2.08. The third kappa shape index (κ3) is 3.75. The summed E-state index contributed by atoms with van der Waals surface area (Å²) in [5, 5.41) is 6.65. The van der Waals surface area contributed by atoms with Crippen LogP contribution < -0.4 is 5.32 Å². The summed E-state index contributed by atoms with van der Waals surface area (Å²) in [6, 6.07) is 0. The molecule has 0 saturated carbocycles. The van der Waals surface area contributed by atoms with Crippen molar-refractivity contribution in [2.45, 2.75) is 32.9 Å². The number of hydrogen-bond donors (Lipinski definition) is 1. The summed E-state index contributed by atoms with van der Waals surface area (Å²) in [6.07, 6.45) is 1.33. The lowest BCUT2D eigenvalue weighted by atomic mass is 10.3. The molecule has 0 bridgehead atoms. The molecule has 5 heteroatoms. The first-order valence-corrected chi connectivity index (χ1v) is 7.70. The second-order valence-corrected chi connectivity index (χ2v) is 5.50. The molecular weight excluding hydrogens is 246 g/mol. The van der Waals surface area contributed by atoms with Gasteiger partial charge in [0.2, 0.25) is 0 Å². The summed E-state index contributed by atoms with van der Waals surface area (Å²) in [5.41, 5.74) is 1.14. The lowest BCUT2D eigenvalue weighted by molar-refractivity contribution is -0.0283. The molecule has 1 aromatic heterocycles. The SMILES string of the molecule is CCCNCc1csc(C2CN(CC)CCO2)n1. The Morgan fingerprint density at radius 3 is 3.22 bits per heavy atom. The number of nitrogens with zero attached hydrogens (tertiary/aromatic N) is 2. The van der Waals surface area contributed by atoms with Crippen LogP contribution in [0.3, 0.4) is 0 Å². The summed E-state index contributed by atoms with van der Waals surface area (Å²) in [4.78, 5) is 7.10. The number of rotatable bonds is 6. The second kappa shape index (κ2) is 7.19. The third-order valence-electron chi connectivity index (χ3n) is 3.18. The molecule has 0 aromatic carbocycles. The molecule has 102 valence electrons. The lowest BCUT2D eigenvalue weighted by Gasteiger charge is -2.30. The smallest absolute Gasteiger partial charge is 0.123 e. The topological polar surface area (TPSA) is 37.4 Å². The molecule has 0 amide bonds. The molecule has 1 aliphatic rings. The number of aromatic nitrogens is 1. The first-order chi connectivity index (χ1) is 8.83. The first-order valence-electron chi connectivity index (χ1n) is 6.82. The largest absolute Gasteiger partial charge is 0.368 e. The minimum atomic E-state index is 0.170. The highest BCUT2D eigenvalue weighted by atomic mass is 32.1. The van der Waals surface area contributed by atoms with Gasteiger partial charge in [0.1, 0.15) is 11.1 Å². The number of likely N-dealkylation sites (N-methyl/N-ethyl adjacent to an activating group) is 1. The number of morpholine rings is 1. The van der Waals surface area contributed by atoms with E-state index < -0.39 is 0 Å². The van der Waals surface area contributed by atoms with Crippen molar-refractivity contribution in [3.8, 4) is 0 Å². The van der Waals surface area contributed by atoms with E-state index in [2.05, 4.69) is 34.4 Å². The highest BCUT2D eigenvalue weighted by molar-refractivity contribution is 7.09. The van der Waals surface area contributed by atoms with Gasteiger partial charge < -0.3 is 10.1 Å². The minimum Gasteiger partial charge on any atom is -0.368 e. The molecule has 1 atom stereocenters. The molecule has 1 saturated heterocycles. The van der Waals surface area contributed by atoms with Gasteiger partial charge in [0.15, 0.2) is 0 Å². The quantitative estimate of drug-likeness (QED) is 0.802. The third-order valence-corrected chi connectivity index (χ3v) is 4.16. The number of hydrogen-bond acceptors (Lipinski definition) is 5. The van der Waals surface area contributed by atoms with Gasteiger partial charge >= 0.3 is 0 Å². The number of nitrogens with one attached hydrogen (secondary N) is 1. The van der Waals surface area contributed by atoms with Gasteiger partial charge in [-0.05, 0) is 19.5 Å². The Morgan fingerprint density at radius 2 is 2.44 bits per heavy atom. The molecule has 18 heavy (non-hydrogen) atoms. The highest BCUT2D eigenvalue weighted by Crippen LogP contribution is 2.25. The predicted molar refractivity (Wildman–Crippen MR) is 74.9 cm³/mol. The van der Waals surface area contributed by atoms with Gasteiger partial charge in [-0.1, -0.05) is 13.8 Å². The van der Waals surface area contributed by atoms with E-state index >= 15 is 0 Å². The maximum Gasteiger partial charge on any atom is 0.123 e. The van der Waals surface area contributed by atoms with Crippen LogP contribution in [0.15, 0.2) is 5.38 Å². The van der Waals surface area contributed by atoms with Gasteiger partial charge in [-0.2, -0.15) is 0 Å². The molecule has 2 rings (SSSR count). The van der Waals surface area contributed by atoms with E-state index in [4.69, 9.17) is 4.74 Å². The van der Waals surface area contributed by atoms with Crippen LogP contribution in [0.4, 0.5) is 0 Å². The fourth-order valence-corrected chi connectivity index (χ4v) is 2.94. The van der Waals surface area contributed by atoms with Crippen molar-refractivity contribution >= 4 is 11.3 Å². The zero-order valence-electron chi connectivity index (χ0n) is 11.3. The summed E-state index contributed by atoms with van der Waals surface area (Å²) >= 11 is 1.72.